The number of benzene rings is 1. The Labute approximate surface area is 172 Å². The number of hydrogen-bond donors (Lipinski definition) is 2. The summed E-state index contributed by atoms with van der Waals surface area (Å²) in [4.78, 5) is 25.8. The number of ether oxygens (including phenoxy) is 2. The highest BCUT2D eigenvalue weighted by Crippen LogP contribution is 2.50. The van der Waals surface area contributed by atoms with Gasteiger partial charge < -0.3 is 19.9 Å². The topological polar surface area (TPSA) is 84.9 Å². The molecule has 0 bridgehead atoms. The van der Waals surface area contributed by atoms with Gasteiger partial charge in [0, 0.05) is 29.3 Å². The Balaban J connectivity index is 2.25. The number of rotatable bonds is 3. The van der Waals surface area contributed by atoms with Gasteiger partial charge in [0.25, 0.3) is 0 Å². The molecule has 2 unspecified atom stereocenters. The van der Waals surface area contributed by atoms with Crippen molar-refractivity contribution in [2.75, 3.05) is 14.2 Å². The molecule has 1 aromatic rings. The fourth-order valence-electron chi connectivity index (χ4n) is 4.14. The van der Waals surface area contributed by atoms with E-state index < -0.39 is 17.8 Å². The van der Waals surface area contributed by atoms with E-state index in [0.29, 0.717) is 34.1 Å². The van der Waals surface area contributed by atoms with Crippen molar-refractivity contribution in [3.63, 3.8) is 0 Å². The van der Waals surface area contributed by atoms with E-state index in [1.807, 2.05) is 13.8 Å². The van der Waals surface area contributed by atoms with Crippen molar-refractivity contribution < 1.29 is 24.2 Å². The zero-order valence-electron chi connectivity index (χ0n) is 16.4. The van der Waals surface area contributed by atoms with Crippen LogP contribution in [-0.2, 0) is 14.3 Å². The van der Waals surface area contributed by atoms with Gasteiger partial charge in [-0.2, -0.15) is 0 Å². The van der Waals surface area contributed by atoms with Gasteiger partial charge in [0.15, 0.2) is 17.3 Å². The normalized spacial score (nSPS) is 23.8. The third kappa shape index (κ3) is 3.43. The number of nitrogens with one attached hydrogen (secondary N) is 1. The number of allylic oxidation sites excluding steroid dienone is 2. The Morgan fingerprint density at radius 3 is 2.61 bits per heavy atom. The molecule has 150 valence electrons. The molecule has 3 rings (SSSR count). The van der Waals surface area contributed by atoms with E-state index in [0.717, 1.165) is 5.70 Å². The number of phenols is 1. The standard InChI is InChI=1S/C21H24BrNO5/c1-10-16(20(26)28-5)17(11-6-12(22)19(25)15(7-11)27-4)18-13(23-10)8-21(2,3)9-14(18)24/h6-7,16-17,23,25H,1,8-9H2,2-5H3. The van der Waals surface area contributed by atoms with E-state index in [4.69, 9.17) is 9.47 Å². The maximum Gasteiger partial charge on any atom is 0.315 e. The van der Waals surface area contributed by atoms with Crippen LogP contribution in [0.3, 0.4) is 0 Å². The Hall–Kier alpha value is -2.28. The minimum Gasteiger partial charge on any atom is -0.503 e. The van der Waals surface area contributed by atoms with Crippen molar-refractivity contribution in [1.82, 2.24) is 5.32 Å². The fraction of sp³-hybridized carbons (Fsp3) is 0.429. The van der Waals surface area contributed by atoms with Gasteiger partial charge in [-0.15, -0.1) is 0 Å². The van der Waals surface area contributed by atoms with Crippen molar-refractivity contribution in [1.29, 1.82) is 0 Å². The molecule has 2 aliphatic rings. The summed E-state index contributed by atoms with van der Waals surface area (Å²) >= 11 is 3.33. The second-order valence-corrected chi connectivity index (χ2v) is 8.87. The van der Waals surface area contributed by atoms with Crippen LogP contribution < -0.4 is 10.1 Å². The molecule has 0 fully saturated rings. The molecule has 0 saturated heterocycles. The number of carbonyl (C=O) groups is 2. The molecule has 0 amide bonds. The molecular formula is C21H24BrNO5. The van der Waals surface area contributed by atoms with Gasteiger partial charge in [-0.25, -0.2) is 0 Å². The SMILES string of the molecule is C=C1NC2=C(C(=O)CC(C)(C)C2)C(c2cc(Br)c(O)c(OC)c2)C1C(=O)OC. The van der Waals surface area contributed by atoms with Gasteiger partial charge in [-0.05, 0) is 45.5 Å². The smallest absolute Gasteiger partial charge is 0.315 e. The minimum absolute atomic E-state index is 0.00619. The lowest BCUT2D eigenvalue weighted by molar-refractivity contribution is -0.144. The molecule has 2 N–H and O–H groups in total. The lowest BCUT2D eigenvalue weighted by Crippen LogP contribution is -2.43. The molecule has 0 spiro atoms. The molecule has 1 aliphatic heterocycles. The molecule has 1 aliphatic carbocycles. The van der Waals surface area contributed by atoms with Crippen LogP contribution in [0.5, 0.6) is 11.5 Å². The van der Waals surface area contributed by atoms with Crippen LogP contribution in [0.15, 0.2) is 40.2 Å². The van der Waals surface area contributed by atoms with Crippen LogP contribution in [0.2, 0.25) is 0 Å². The number of phenolic OH excluding ortho intramolecular Hbond substituents is 1. The number of halogens is 1. The van der Waals surface area contributed by atoms with E-state index in [1.165, 1.54) is 14.2 Å². The van der Waals surface area contributed by atoms with Gasteiger partial charge in [0.1, 0.15) is 5.92 Å². The number of Topliss-reactive ketones (excluding diaryl/α,β-unsaturated/α-hetero) is 1. The molecule has 0 aromatic heterocycles. The van der Waals surface area contributed by atoms with Crippen LogP contribution >= 0.6 is 15.9 Å². The number of esters is 1. The summed E-state index contributed by atoms with van der Waals surface area (Å²) in [6.45, 7) is 8.12. The number of ketones is 1. The van der Waals surface area contributed by atoms with E-state index in [-0.39, 0.29) is 22.7 Å². The Bertz CT molecular complexity index is 902. The maximum absolute atomic E-state index is 13.1. The third-order valence-electron chi connectivity index (χ3n) is 5.34. The quantitative estimate of drug-likeness (QED) is 0.682. The lowest BCUT2D eigenvalue weighted by atomic mass is 9.66. The van der Waals surface area contributed by atoms with Crippen LogP contribution in [0, 0.1) is 11.3 Å². The number of methoxy groups -OCH3 is 2. The van der Waals surface area contributed by atoms with E-state index >= 15 is 0 Å². The summed E-state index contributed by atoms with van der Waals surface area (Å²) in [6, 6.07) is 3.35. The van der Waals surface area contributed by atoms with Crippen molar-refractivity contribution in [2.24, 2.45) is 11.3 Å². The van der Waals surface area contributed by atoms with Crippen LogP contribution in [0.25, 0.3) is 0 Å². The van der Waals surface area contributed by atoms with Gasteiger partial charge in [0.2, 0.25) is 0 Å². The summed E-state index contributed by atoms with van der Waals surface area (Å²) in [6.07, 6.45) is 1.06. The zero-order chi connectivity index (χ0) is 20.8. The van der Waals surface area contributed by atoms with Crippen molar-refractivity contribution in [3.8, 4) is 11.5 Å². The fourth-order valence-corrected chi connectivity index (χ4v) is 4.60. The Morgan fingerprint density at radius 2 is 2.00 bits per heavy atom. The highest BCUT2D eigenvalue weighted by Gasteiger charge is 2.46. The summed E-state index contributed by atoms with van der Waals surface area (Å²) in [5.74, 6) is -1.62. The molecule has 1 heterocycles. The van der Waals surface area contributed by atoms with Crippen LogP contribution in [0.4, 0.5) is 0 Å². The second-order valence-electron chi connectivity index (χ2n) is 8.02. The molecule has 1 aromatic carbocycles. The number of carbonyl (C=O) groups excluding carboxylic acids is 2. The molecule has 6 nitrogen and oxygen atoms in total. The Morgan fingerprint density at radius 1 is 1.32 bits per heavy atom. The third-order valence-corrected chi connectivity index (χ3v) is 5.94. The monoisotopic (exact) mass is 449 g/mol. The molecule has 28 heavy (non-hydrogen) atoms. The lowest BCUT2D eigenvalue weighted by Gasteiger charge is -2.42. The number of hydrogen-bond acceptors (Lipinski definition) is 6. The van der Waals surface area contributed by atoms with Crippen LogP contribution in [-0.4, -0.2) is 31.1 Å². The summed E-state index contributed by atoms with van der Waals surface area (Å²) in [7, 11) is 2.76. The van der Waals surface area contributed by atoms with Gasteiger partial charge in [-0.1, -0.05) is 20.4 Å². The van der Waals surface area contributed by atoms with Gasteiger partial charge in [0.05, 0.1) is 18.7 Å². The Kier molecular flexibility index (Phi) is 5.32. The average Bonchev–Trinajstić information content (AvgIpc) is 2.61. The van der Waals surface area contributed by atoms with Crippen molar-refractivity contribution in [2.45, 2.75) is 32.6 Å². The number of aromatic hydroxyl groups is 1. The average molecular weight is 450 g/mol. The van der Waals surface area contributed by atoms with Gasteiger partial charge in [-0.3, -0.25) is 9.59 Å². The zero-order valence-corrected chi connectivity index (χ0v) is 18.0. The summed E-state index contributed by atoms with van der Waals surface area (Å²) < 4.78 is 10.7. The van der Waals surface area contributed by atoms with Crippen molar-refractivity contribution >= 4 is 27.7 Å². The molecule has 7 heteroatoms. The molecule has 0 radical (unpaired) electrons. The predicted octanol–water partition coefficient (Wildman–Crippen LogP) is 3.80. The van der Waals surface area contributed by atoms with E-state index in [2.05, 4.69) is 27.8 Å². The van der Waals surface area contributed by atoms with Crippen LogP contribution in [0.1, 0.15) is 38.2 Å². The summed E-state index contributed by atoms with van der Waals surface area (Å²) in [5, 5.41) is 13.4. The van der Waals surface area contributed by atoms with E-state index in [9.17, 15) is 14.7 Å². The first-order valence-corrected chi connectivity index (χ1v) is 9.75. The minimum atomic E-state index is -0.768. The first-order chi connectivity index (χ1) is 13.1. The predicted molar refractivity (Wildman–Crippen MR) is 108 cm³/mol. The maximum atomic E-state index is 13.1. The molecule has 2 atom stereocenters. The highest BCUT2D eigenvalue weighted by molar-refractivity contribution is 9.10. The van der Waals surface area contributed by atoms with Gasteiger partial charge >= 0.3 is 5.97 Å². The first-order valence-electron chi connectivity index (χ1n) is 8.96. The molecular weight excluding hydrogens is 426 g/mol. The largest absolute Gasteiger partial charge is 0.503 e. The molecule has 0 saturated carbocycles. The highest BCUT2D eigenvalue weighted by atomic mass is 79.9. The second kappa shape index (κ2) is 7.28. The first kappa shape index (κ1) is 20.5. The van der Waals surface area contributed by atoms with E-state index in [1.54, 1.807) is 12.1 Å². The van der Waals surface area contributed by atoms with Crippen molar-refractivity contribution in [3.05, 3.63) is 45.7 Å². The summed E-state index contributed by atoms with van der Waals surface area (Å²) in [5.41, 5.74) is 2.34.